The lowest BCUT2D eigenvalue weighted by Gasteiger charge is -2.18. The minimum atomic E-state index is -0.201. The minimum Gasteiger partial charge on any atom is -0.310 e. The molecule has 0 aliphatic heterocycles. The summed E-state index contributed by atoms with van der Waals surface area (Å²) < 4.78 is 0. The molecule has 0 bridgehead atoms. The van der Waals surface area contributed by atoms with E-state index in [1.165, 1.54) is 11.1 Å². The van der Waals surface area contributed by atoms with E-state index in [2.05, 4.69) is 49.5 Å². The van der Waals surface area contributed by atoms with Crippen molar-refractivity contribution < 1.29 is 0 Å². The van der Waals surface area contributed by atoms with E-state index in [9.17, 15) is 0 Å². The summed E-state index contributed by atoms with van der Waals surface area (Å²) in [6.45, 7) is 9.29. The third-order valence-corrected chi connectivity index (χ3v) is 3.39. The first kappa shape index (κ1) is 14.7. The van der Waals surface area contributed by atoms with Crippen molar-refractivity contribution in [2.24, 2.45) is 5.41 Å². The molecule has 1 atom stereocenters. The highest BCUT2D eigenvalue weighted by atomic mass is 14.9. The second-order valence-corrected chi connectivity index (χ2v) is 5.63. The van der Waals surface area contributed by atoms with E-state index in [4.69, 9.17) is 5.26 Å². The molecule has 1 N–H and O–H groups in total. The van der Waals surface area contributed by atoms with Gasteiger partial charge in [0.1, 0.15) is 0 Å². The Balaban J connectivity index is 2.37. The summed E-state index contributed by atoms with van der Waals surface area (Å²) in [6, 6.07) is 11.2. The maximum atomic E-state index is 8.95. The first-order chi connectivity index (χ1) is 8.46. The molecule has 0 unspecified atom stereocenters. The lowest BCUT2D eigenvalue weighted by Crippen LogP contribution is -2.22. The van der Waals surface area contributed by atoms with Crippen molar-refractivity contribution in [3.8, 4) is 6.07 Å². The molecule has 1 aromatic rings. The van der Waals surface area contributed by atoms with Crippen molar-refractivity contribution in [1.29, 1.82) is 5.26 Å². The van der Waals surface area contributed by atoms with Gasteiger partial charge in [-0.15, -0.1) is 0 Å². The molecule has 2 heteroatoms. The van der Waals surface area contributed by atoms with E-state index in [-0.39, 0.29) is 5.41 Å². The van der Waals surface area contributed by atoms with Gasteiger partial charge in [-0.3, -0.25) is 0 Å². The fourth-order valence-electron chi connectivity index (χ4n) is 2.09. The molecule has 98 valence electrons. The van der Waals surface area contributed by atoms with Crippen LogP contribution in [0.4, 0.5) is 0 Å². The fourth-order valence-corrected chi connectivity index (χ4v) is 2.09. The Kier molecular flexibility index (Phi) is 5.37. The molecular weight excluding hydrogens is 220 g/mol. The number of hydrogen-bond acceptors (Lipinski definition) is 2. The predicted octanol–water partition coefficient (Wildman–Crippen LogP) is 3.98. The van der Waals surface area contributed by atoms with Crippen molar-refractivity contribution in [3.63, 3.8) is 0 Å². The third-order valence-electron chi connectivity index (χ3n) is 3.39. The number of nitrogens with one attached hydrogen (secondary N) is 1. The minimum absolute atomic E-state index is 0.201. The highest BCUT2D eigenvalue weighted by Gasteiger charge is 2.15. The zero-order valence-corrected chi connectivity index (χ0v) is 12.0. The maximum Gasteiger partial charge on any atom is 0.0683 e. The number of aryl methyl sites for hydroxylation is 1. The molecule has 0 aromatic heterocycles. The van der Waals surface area contributed by atoms with Gasteiger partial charge in [0.2, 0.25) is 0 Å². The summed E-state index contributed by atoms with van der Waals surface area (Å²) in [7, 11) is 0. The van der Waals surface area contributed by atoms with Crippen LogP contribution < -0.4 is 5.32 Å². The van der Waals surface area contributed by atoms with Gasteiger partial charge in [0.25, 0.3) is 0 Å². The van der Waals surface area contributed by atoms with Crippen LogP contribution in [-0.2, 0) is 0 Å². The van der Waals surface area contributed by atoms with Gasteiger partial charge in [-0.2, -0.15) is 5.26 Å². The van der Waals surface area contributed by atoms with Crippen LogP contribution in [0.2, 0.25) is 0 Å². The molecule has 1 rings (SSSR count). The lowest BCUT2D eigenvalue weighted by atomic mass is 9.90. The molecule has 18 heavy (non-hydrogen) atoms. The van der Waals surface area contributed by atoms with E-state index in [0.717, 1.165) is 19.4 Å². The van der Waals surface area contributed by atoms with E-state index in [0.29, 0.717) is 6.04 Å². The van der Waals surface area contributed by atoms with Gasteiger partial charge in [-0.1, -0.05) is 24.3 Å². The predicted molar refractivity (Wildman–Crippen MR) is 76.2 cm³/mol. The van der Waals surface area contributed by atoms with Gasteiger partial charge in [0.15, 0.2) is 0 Å². The van der Waals surface area contributed by atoms with Gasteiger partial charge >= 0.3 is 0 Å². The Hall–Kier alpha value is -1.33. The van der Waals surface area contributed by atoms with Crippen molar-refractivity contribution in [2.45, 2.75) is 46.6 Å². The third kappa shape index (κ3) is 4.50. The van der Waals surface area contributed by atoms with E-state index < -0.39 is 0 Å². The second-order valence-electron chi connectivity index (χ2n) is 5.63. The van der Waals surface area contributed by atoms with Crippen molar-refractivity contribution >= 4 is 0 Å². The Morgan fingerprint density at radius 1 is 1.33 bits per heavy atom. The van der Waals surface area contributed by atoms with Gasteiger partial charge in [0, 0.05) is 6.04 Å². The largest absolute Gasteiger partial charge is 0.310 e. The normalized spacial score (nSPS) is 13.1. The van der Waals surface area contributed by atoms with Crippen molar-refractivity contribution in [2.75, 3.05) is 6.54 Å². The van der Waals surface area contributed by atoms with Crippen LogP contribution in [0.25, 0.3) is 0 Å². The highest BCUT2D eigenvalue weighted by molar-refractivity contribution is 5.28. The van der Waals surface area contributed by atoms with Gasteiger partial charge in [0.05, 0.1) is 11.5 Å². The molecule has 0 radical (unpaired) electrons. The summed E-state index contributed by atoms with van der Waals surface area (Å²) in [5.41, 5.74) is 2.49. The first-order valence-corrected chi connectivity index (χ1v) is 6.66. The summed E-state index contributed by atoms with van der Waals surface area (Å²) in [6.07, 6.45) is 1.98. The second kappa shape index (κ2) is 6.56. The fraction of sp³-hybridized carbons (Fsp3) is 0.562. The molecular formula is C16H24N2. The Morgan fingerprint density at radius 3 is 2.61 bits per heavy atom. The SMILES string of the molecule is Cc1ccccc1[C@@H](C)NCCCC(C)(C)C#N. The molecule has 1 aromatic carbocycles. The first-order valence-electron chi connectivity index (χ1n) is 6.66. The Labute approximate surface area is 111 Å². The quantitative estimate of drug-likeness (QED) is 0.768. The summed E-state index contributed by atoms with van der Waals surface area (Å²) in [4.78, 5) is 0. The van der Waals surface area contributed by atoms with Gasteiger partial charge in [-0.25, -0.2) is 0 Å². The number of hydrogen-bond donors (Lipinski definition) is 1. The summed E-state index contributed by atoms with van der Waals surface area (Å²) in [5, 5.41) is 12.5. The van der Waals surface area contributed by atoms with Crippen LogP contribution in [0, 0.1) is 23.7 Å². The van der Waals surface area contributed by atoms with Gasteiger partial charge < -0.3 is 5.32 Å². The van der Waals surface area contributed by atoms with Crippen molar-refractivity contribution in [1.82, 2.24) is 5.32 Å². The number of rotatable bonds is 6. The zero-order valence-electron chi connectivity index (χ0n) is 12.0. The van der Waals surface area contributed by atoms with E-state index in [1.54, 1.807) is 0 Å². The summed E-state index contributed by atoms with van der Waals surface area (Å²) >= 11 is 0. The van der Waals surface area contributed by atoms with Crippen LogP contribution in [0.5, 0.6) is 0 Å². The van der Waals surface area contributed by atoms with Crippen LogP contribution >= 0.6 is 0 Å². The van der Waals surface area contributed by atoms with Crippen LogP contribution in [0.15, 0.2) is 24.3 Å². The molecule has 0 heterocycles. The van der Waals surface area contributed by atoms with Crippen molar-refractivity contribution in [3.05, 3.63) is 35.4 Å². The topological polar surface area (TPSA) is 35.8 Å². The average Bonchev–Trinajstić information content (AvgIpc) is 2.35. The maximum absolute atomic E-state index is 8.95. The van der Waals surface area contributed by atoms with Crippen LogP contribution in [0.1, 0.15) is 50.8 Å². The zero-order chi connectivity index (χ0) is 13.6. The molecule has 0 aliphatic carbocycles. The molecule has 0 amide bonds. The number of nitriles is 1. The van der Waals surface area contributed by atoms with Crippen LogP contribution in [-0.4, -0.2) is 6.54 Å². The van der Waals surface area contributed by atoms with E-state index in [1.807, 2.05) is 13.8 Å². The Bertz CT molecular complexity index is 415. The molecule has 0 saturated carbocycles. The molecule has 0 fully saturated rings. The molecule has 0 aliphatic rings. The number of benzene rings is 1. The molecule has 2 nitrogen and oxygen atoms in total. The lowest BCUT2D eigenvalue weighted by molar-refractivity contribution is 0.417. The summed E-state index contributed by atoms with van der Waals surface area (Å²) in [5.74, 6) is 0. The molecule has 0 saturated heterocycles. The van der Waals surface area contributed by atoms with Crippen LogP contribution in [0.3, 0.4) is 0 Å². The standard InChI is InChI=1S/C16H24N2/c1-13-8-5-6-9-15(13)14(2)18-11-7-10-16(3,4)12-17/h5-6,8-9,14,18H,7,10-11H2,1-4H3/t14-/m1/s1. The highest BCUT2D eigenvalue weighted by Crippen LogP contribution is 2.21. The number of nitrogens with zero attached hydrogens (tertiary/aromatic N) is 1. The Morgan fingerprint density at radius 2 is 2.00 bits per heavy atom. The molecule has 0 spiro atoms. The van der Waals surface area contributed by atoms with Gasteiger partial charge in [-0.05, 0) is 58.2 Å². The average molecular weight is 244 g/mol. The van der Waals surface area contributed by atoms with E-state index >= 15 is 0 Å². The monoisotopic (exact) mass is 244 g/mol. The smallest absolute Gasteiger partial charge is 0.0683 e.